The fourth-order valence-electron chi connectivity index (χ4n) is 0.739. The highest BCUT2D eigenvalue weighted by molar-refractivity contribution is 7.99. The second-order valence-electron chi connectivity index (χ2n) is 2.49. The maximum atomic E-state index is 10.8. The maximum absolute atomic E-state index is 10.8. The lowest BCUT2D eigenvalue weighted by Crippen LogP contribution is -2.04. The molecule has 0 aliphatic heterocycles. The molecule has 0 amide bonds. The van der Waals surface area contributed by atoms with Crippen LogP contribution in [0.5, 0.6) is 0 Å². The standard InChI is InChI=1S/C8H11N3O2S/c1-13-7(12)4-14-6-3-2-5(9)8(10)11-6/h2-3H,4,9H2,1H3,(H2,10,11). The first kappa shape index (κ1) is 10.6. The van der Waals surface area contributed by atoms with Crippen LogP contribution in [0, 0.1) is 0 Å². The molecule has 0 saturated carbocycles. The summed E-state index contributed by atoms with van der Waals surface area (Å²) >= 11 is 1.25. The van der Waals surface area contributed by atoms with E-state index < -0.39 is 0 Å². The van der Waals surface area contributed by atoms with E-state index in [9.17, 15) is 4.79 Å². The first-order chi connectivity index (χ1) is 6.63. The molecular weight excluding hydrogens is 202 g/mol. The Bertz CT molecular complexity index is 343. The summed E-state index contributed by atoms with van der Waals surface area (Å²) in [5.41, 5.74) is 11.4. The summed E-state index contributed by atoms with van der Waals surface area (Å²) in [7, 11) is 1.34. The lowest BCUT2D eigenvalue weighted by molar-refractivity contribution is -0.137. The van der Waals surface area contributed by atoms with Crippen LogP contribution in [0.1, 0.15) is 0 Å². The molecule has 1 heterocycles. The highest BCUT2D eigenvalue weighted by atomic mass is 32.2. The van der Waals surface area contributed by atoms with Gasteiger partial charge in [0, 0.05) is 0 Å². The number of rotatable bonds is 3. The van der Waals surface area contributed by atoms with Crippen LogP contribution in [-0.2, 0) is 9.53 Å². The van der Waals surface area contributed by atoms with Crippen molar-refractivity contribution < 1.29 is 9.53 Å². The monoisotopic (exact) mass is 213 g/mol. The Balaban J connectivity index is 2.60. The summed E-state index contributed by atoms with van der Waals surface area (Å²) in [6.07, 6.45) is 0. The fourth-order valence-corrected chi connectivity index (χ4v) is 1.45. The molecule has 0 aromatic carbocycles. The molecule has 0 fully saturated rings. The number of pyridine rings is 1. The van der Waals surface area contributed by atoms with Crippen molar-refractivity contribution in [2.45, 2.75) is 5.03 Å². The first-order valence-electron chi connectivity index (χ1n) is 3.85. The molecule has 4 N–H and O–H groups in total. The molecule has 76 valence electrons. The molecule has 1 rings (SSSR count). The summed E-state index contributed by atoms with van der Waals surface area (Å²) in [6, 6.07) is 3.36. The summed E-state index contributed by atoms with van der Waals surface area (Å²) in [4.78, 5) is 14.8. The summed E-state index contributed by atoms with van der Waals surface area (Å²) < 4.78 is 4.48. The molecule has 1 aromatic rings. The van der Waals surface area contributed by atoms with E-state index in [-0.39, 0.29) is 17.5 Å². The van der Waals surface area contributed by atoms with E-state index in [1.54, 1.807) is 12.1 Å². The molecule has 0 radical (unpaired) electrons. The van der Waals surface area contributed by atoms with Crippen molar-refractivity contribution in [3.05, 3.63) is 12.1 Å². The number of carbonyl (C=O) groups excluding carboxylic acids is 1. The van der Waals surface area contributed by atoms with Crippen LogP contribution in [0.4, 0.5) is 11.5 Å². The van der Waals surface area contributed by atoms with Gasteiger partial charge in [0.05, 0.1) is 23.6 Å². The van der Waals surface area contributed by atoms with E-state index in [1.165, 1.54) is 18.9 Å². The number of nitrogens with two attached hydrogens (primary N) is 2. The number of aromatic nitrogens is 1. The minimum Gasteiger partial charge on any atom is -0.468 e. The van der Waals surface area contributed by atoms with Gasteiger partial charge in [-0.3, -0.25) is 4.79 Å². The number of carbonyl (C=O) groups is 1. The topological polar surface area (TPSA) is 91.2 Å². The fraction of sp³-hybridized carbons (Fsp3) is 0.250. The third-order valence-electron chi connectivity index (χ3n) is 1.50. The van der Waals surface area contributed by atoms with Crippen molar-refractivity contribution >= 4 is 29.2 Å². The van der Waals surface area contributed by atoms with E-state index in [4.69, 9.17) is 11.5 Å². The van der Waals surface area contributed by atoms with Gasteiger partial charge in [0.1, 0.15) is 5.82 Å². The van der Waals surface area contributed by atoms with Gasteiger partial charge in [0.15, 0.2) is 0 Å². The average Bonchev–Trinajstić information content (AvgIpc) is 2.19. The lowest BCUT2D eigenvalue weighted by Gasteiger charge is -2.02. The Morgan fingerprint density at radius 3 is 2.86 bits per heavy atom. The number of hydrogen-bond donors (Lipinski definition) is 2. The lowest BCUT2D eigenvalue weighted by atomic mass is 10.4. The Hall–Kier alpha value is -1.43. The number of ether oxygens (including phenoxy) is 1. The second-order valence-corrected chi connectivity index (χ2v) is 3.48. The minimum atomic E-state index is -0.299. The Morgan fingerprint density at radius 2 is 2.29 bits per heavy atom. The third-order valence-corrected chi connectivity index (χ3v) is 2.40. The van der Waals surface area contributed by atoms with Crippen molar-refractivity contribution in [1.82, 2.24) is 4.98 Å². The van der Waals surface area contributed by atoms with Gasteiger partial charge in [-0.25, -0.2) is 4.98 Å². The molecule has 6 heteroatoms. The molecule has 0 aliphatic carbocycles. The van der Waals surface area contributed by atoms with Gasteiger partial charge in [0.2, 0.25) is 0 Å². The summed E-state index contributed by atoms with van der Waals surface area (Å²) in [5.74, 6) is 0.194. The van der Waals surface area contributed by atoms with Crippen LogP contribution in [-0.4, -0.2) is 23.8 Å². The molecule has 0 atom stereocenters. The normalized spacial score (nSPS) is 9.79. The van der Waals surface area contributed by atoms with Crippen molar-refractivity contribution in [3.63, 3.8) is 0 Å². The van der Waals surface area contributed by atoms with Crippen molar-refractivity contribution in [2.24, 2.45) is 0 Å². The van der Waals surface area contributed by atoms with E-state index >= 15 is 0 Å². The number of esters is 1. The van der Waals surface area contributed by atoms with Gasteiger partial charge < -0.3 is 16.2 Å². The summed E-state index contributed by atoms with van der Waals surface area (Å²) in [5, 5.41) is 0.655. The van der Waals surface area contributed by atoms with E-state index in [0.717, 1.165) is 0 Å². The van der Waals surface area contributed by atoms with Crippen LogP contribution in [0.3, 0.4) is 0 Å². The molecule has 0 unspecified atom stereocenters. The highest BCUT2D eigenvalue weighted by Crippen LogP contribution is 2.20. The van der Waals surface area contributed by atoms with Crippen LogP contribution < -0.4 is 11.5 Å². The molecule has 0 bridgehead atoms. The van der Waals surface area contributed by atoms with Crippen LogP contribution in [0.15, 0.2) is 17.2 Å². The van der Waals surface area contributed by atoms with E-state index in [0.29, 0.717) is 10.7 Å². The van der Waals surface area contributed by atoms with E-state index in [1.807, 2.05) is 0 Å². The number of anilines is 2. The zero-order chi connectivity index (χ0) is 10.6. The Labute approximate surface area is 85.8 Å². The molecule has 0 saturated heterocycles. The molecule has 0 aliphatic rings. The number of thioether (sulfide) groups is 1. The zero-order valence-corrected chi connectivity index (χ0v) is 8.50. The predicted molar refractivity (Wildman–Crippen MR) is 55.8 cm³/mol. The number of methoxy groups -OCH3 is 1. The van der Waals surface area contributed by atoms with Gasteiger partial charge in [-0.15, -0.1) is 0 Å². The SMILES string of the molecule is COC(=O)CSc1ccc(N)c(N)n1. The van der Waals surface area contributed by atoms with Gasteiger partial charge in [-0.2, -0.15) is 0 Å². The molecular formula is C8H11N3O2S. The predicted octanol–water partition coefficient (Wildman–Crippen LogP) is 0.511. The minimum absolute atomic E-state index is 0.215. The summed E-state index contributed by atoms with van der Waals surface area (Å²) in [6.45, 7) is 0. The molecule has 1 aromatic heterocycles. The number of hydrogen-bond acceptors (Lipinski definition) is 6. The number of nitrogens with zero attached hydrogens (tertiary/aromatic N) is 1. The smallest absolute Gasteiger partial charge is 0.316 e. The third kappa shape index (κ3) is 2.81. The van der Waals surface area contributed by atoms with Gasteiger partial charge in [-0.05, 0) is 12.1 Å². The van der Waals surface area contributed by atoms with Crippen LogP contribution in [0.25, 0.3) is 0 Å². The molecule has 0 spiro atoms. The van der Waals surface area contributed by atoms with Crippen molar-refractivity contribution in [2.75, 3.05) is 24.3 Å². The van der Waals surface area contributed by atoms with Crippen molar-refractivity contribution in [3.8, 4) is 0 Å². The molecule has 5 nitrogen and oxygen atoms in total. The van der Waals surface area contributed by atoms with Gasteiger partial charge in [-0.1, -0.05) is 11.8 Å². The Morgan fingerprint density at radius 1 is 1.57 bits per heavy atom. The van der Waals surface area contributed by atoms with Gasteiger partial charge >= 0.3 is 5.97 Å². The maximum Gasteiger partial charge on any atom is 0.316 e. The second kappa shape index (κ2) is 4.71. The zero-order valence-electron chi connectivity index (χ0n) is 7.69. The number of nitrogen functional groups attached to an aromatic ring is 2. The van der Waals surface area contributed by atoms with E-state index in [2.05, 4.69) is 9.72 Å². The molecule has 14 heavy (non-hydrogen) atoms. The van der Waals surface area contributed by atoms with Crippen molar-refractivity contribution in [1.29, 1.82) is 0 Å². The Kier molecular flexibility index (Phi) is 3.58. The largest absolute Gasteiger partial charge is 0.468 e. The van der Waals surface area contributed by atoms with Crippen LogP contribution >= 0.6 is 11.8 Å². The first-order valence-corrected chi connectivity index (χ1v) is 4.83. The average molecular weight is 213 g/mol. The quantitative estimate of drug-likeness (QED) is 0.561. The van der Waals surface area contributed by atoms with Crippen LogP contribution in [0.2, 0.25) is 0 Å². The van der Waals surface area contributed by atoms with Gasteiger partial charge in [0.25, 0.3) is 0 Å². The highest BCUT2D eigenvalue weighted by Gasteiger charge is 2.04.